The molecule has 1 amide bonds. The summed E-state index contributed by atoms with van der Waals surface area (Å²) >= 11 is 0. The van der Waals surface area contributed by atoms with Gasteiger partial charge in [0.05, 0.1) is 17.3 Å². The van der Waals surface area contributed by atoms with E-state index >= 15 is 0 Å². The van der Waals surface area contributed by atoms with Crippen molar-refractivity contribution in [1.29, 1.82) is 0 Å². The van der Waals surface area contributed by atoms with Crippen LogP contribution in [0.25, 0.3) is 0 Å². The van der Waals surface area contributed by atoms with Crippen molar-refractivity contribution in [1.82, 2.24) is 5.43 Å². The molecule has 5 nitrogen and oxygen atoms in total. The molecule has 2 aliphatic rings. The van der Waals surface area contributed by atoms with Crippen LogP contribution in [0.5, 0.6) is 0 Å². The molecule has 0 bridgehead atoms. The van der Waals surface area contributed by atoms with Crippen molar-refractivity contribution in [3.63, 3.8) is 0 Å². The summed E-state index contributed by atoms with van der Waals surface area (Å²) in [5, 5.41) is 4.31. The normalized spacial score (nSPS) is 19.0. The highest BCUT2D eigenvalue weighted by Crippen LogP contribution is 2.29. The molecule has 0 aliphatic carbocycles. The Morgan fingerprint density at radius 1 is 0.885 bits per heavy atom. The van der Waals surface area contributed by atoms with Crippen LogP contribution < -0.4 is 5.43 Å². The number of carbonyl (C=O) groups is 1. The lowest BCUT2D eigenvalue weighted by Crippen LogP contribution is -2.42. The van der Waals surface area contributed by atoms with Gasteiger partial charge in [-0.25, -0.2) is 4.99 Å². The number of nitrogens with one attached hydrogen (secondary N) is 1. The summed E-state index contributed by atoms with van der Waals surface area (Å²) in [6.45, 7) is 4.10. The summed E-state index contributed by atoms with van der Waals surface area (Å²) in [5.74, 6) is 0.283. The van der Waals surface area contributed by atoms with Crippen molar-refractivity contribution < 1.29 is 4.79 Å². The molecule has 0 aromatic heterocycles. The second kappa shape index (κ2) is 6.67. The molecule has 2 heterocycles. The van der Waals surface area contributed by atoms with Crippen molar-refractivity contribution in [2.45, 2.75) is 25.8 Å². The van der Waals surface area contributed by atoms with Gasteiger partial charge in [0.1, 0.15) is 5.84 Å². The maximum Gasteiger partial charge on any atom is 0.277 e. The van der Waals surface area contributed by atoms with Gasteiger partial charge >= 0.3 is 0 Å². The SMILES string of the molecule is CC(C)C1=NNC2C(=O)N=C(C(c3ccccc3)c3ccccc3)N=C12. The average molecular weight is 344 g/mol. The Hall–Kier alpha value is -3.08. The van der Waals surface area contributed by atoms with E-state index in [1.165, 1.54) is 0 Å². The summed E-state index contributed by atoms with van der Waals surface area (Å²) in [6, 6.07) is 19.5. The van der Waals surface area contributed by atoms with Gasteiger partial charge in [0.2, 0.25) is 0 Å². The lowest BCUT2D eigenvalue weighted by molar-refractivity contribution is -0.118. The fraction of sp³-hybridized carbons (Fsp3) is 0.238. The van der Waals surface area contributed by atoms with Crippen molar-refractivity contribution in [2.24, 2.45) is 21.0 Å². The van der Waals surface area contributed by atoms with E-state index in [-0.39, 0.29) is 17.7 Å². The third-order valence-electron chi connectivity index (χ3n) is 4.63. The van der Waals surface area contributed by atoms with Gasteiger partial charge in [0, 0.05) is 0 Å². The number of nitrogens with zero attached hydrogens (tertiary/aromatic N) is 3. The summed E-state index contributed by atoms with van der Waals surface area (Å²) in [7, 11) is 0. The highest BCUT2D eigenvalue weighted by atomic mass is 16.2. The first-order chi connectivity index (χ1) is 12.6. The van der Waals surface area contributed by atoms with Gasteiger partial charge in [0.25, 0.3) is 5.91 Å². The second-order valence-corrected chi connectivity index (χ2v) is 6.77. The highest BCUT2D eigenvalue weighted by molar-refractivity contribution is 6.52. The number of carbonyl (C=O) groups excluding carboxylic acids is 1. The first kappa shape index (κ1) is 16.4. The molecule has 0 radical (unpaired) electrons. The molecule has 1 atom stereocenters. The number of fused-ring (bicyclic) bond motifs is 1. The predicted molar refractivity (Wildman–Crippen MR) is 104 cm³/mol. The zero-order valence-corrected chi connectivity index (χ0v) is 14.8. The van der Waals surface area contributed by atoms with Crippen LogP contribution in [0.4, 0.5) is 0 Å². The minimum Gasteiger partial charge on any atom is -0.291 e. The van der Waals surface area contributed by atoms with Crippen LogP contribution in [-0.2, 0) is 4.79 Å². The number of rotatable bonds is 4. The van der Waals surface area contributed by atoms with Crippen LogP contribution in [0, 0.1) is 5.92 Å². The Morgan fingerprint density at radius 3 is 2.00 bits per heavy atom. The topological polar surface area (TPSA) is 66.2 Å². The van der Waals surface area contributed by atoms with E-state index in [1.807, 2.05) is 74.5 Å². The van der Waals surface area contributed by atoms with Crippen LogP contribution in [0.2, 0.25) is 0 Å². The van der Waals surface area contributed by atoms with Crippen LogP contribution in [-0.4, -0.2) is 29.2 Å². The van der Waals surface area contributed by atoms with Gasteiger partial charge in [-0.3, -0.25) is 10.2 Å². The molecule has 2 aliphatic heterocycles. The van der Waals surface area contributed by atoms with E-state index in [2.05, 4.69) is 15.5 Å². The average Bonchev–Trinajstić information content (AvgIpc) is 3.09. The van der Waals surface area contributed by atoms with E-state index in [0.29, 0.717) is 11.5 Å². The first-order valence-electron chi connectivity index (χ1n) is 8.79. The third-order valence-corrected chi connectivity index (χ3v) is 4.63. The fourth-order valence-electron chi connectivity index (χ4n) is 3.36. The number of hydrazone groups is 1. The van der Waals surface area contributed by atoms with E-state index in [9.17, 15) is 4.79 Å². The van der Waals surface area contributed by atoms with Gasteiger partial charge in [-0.1, -0.05) is 74.5 Å². The molecule has 1 unspecified atom stereocenters. The molecule has 1 N–H and O–H groups in total. The molecule has 2 aromatic carbocycles. The first-order valence-corrected chi connectivity index (χ1v) is 8.79. The Bertz CT molecular complexity index is 874. The minimum atomic E-state index is -0.552. The summed E-state index contributed by atoms with van der Waals surface area (Å²) in [6.07, 6.45) is 0. The molecule has 26 heavy (non-hydrogen) atoms. The maximum absolute atomic E-state index is 12.6. The minimum absolute atomic E-state index is 0.185. The third kappa shape index (κ3) is 2.86. The summed E-state index contributed by atoms with van der Waals surface area (Å²) in [5.41, 5.74) is 6.52. The molecule has 0 fully saturated rings. The van der Waals surface area contributed by atoms with Crippen molar-refractivity contribution >= 4 is 23.2 Å². The number of hydrogen-bond donors (Lipinski definition) is 1. The Kier molecular flexibility index (Phi) is 4.21. The number of benzene rings is 2. The van der Waals surface area contributed by atoms with E-state index in [1.54, 1.807) is 0 Å². The molecular formula is C21H20N4O. The summed E-state index contributed by atoms with van der Waals surface area (Å²) < 4.78 is 0. The Balaban J connectivity index is 1.83. The lowest BCUT2D eigenvalue weighted by Gasteiger charge is -2.22. The van der Waals surface area contributed by atoms with Crippen LogP contribution in [0.3, 0.4) is 0 Å². The van der Waals surface area contributed by atoms with Gasteiger partial charge < -0.3 is 0 Å². The second-order valence-electron chi connectivity index (χ2n) is 6.77. The maximum atomic E-state index is 12.6. The number of amides is 1. The zero-order valence-electron chi connectivity index (χ0n) is 14.8. The van der Waals surface area contributed by atoms with Gasteiger partial charge in [-0.15, -0.1) is 0 Å². The van der Waals surface area contributed by atoms with Crippen LogP contribution in [0.1, 0.15) is 30.9 Å². The lowest BCUT2D eigenvalue weighted by atomic mass is 9.89. The standard InChI is InChI=1S/C21H20N4O/c1-13(2)17-18-19(25-24-17)21(26)23-20(22-18)16(14-9-5-3-6-10-14)15-11-7-4-8-12-15/h3-13,16,19,25H,1-2H3. The zero-order chi connectivity index (χ0) is 18.1. The molecule has 2 aromatic rings. The van der Waals surface area contributed by atoms with Crippen molar-refractivity contribution in [2.75, 3.05) is 0 Å². The van der Waals surface area contributed by atoms with Crippen LogP contribution in [0.15, 0.2) is 75.7 Å². The Labute approximate surface area is 152 Å². The molecule has 4 rings (SSSR count). The Morgan fingerprint density at radius 2 is 1.46 bits per heavy atom. The largest absolute Gasteiger partial charge is 0.291 e. The highest BCUT2D eigenvalue weighted by Gasteiger charge is 2.38. The van der Waals surface area contributed by atoms with Gasteiger partial charge in [-0.05, 0) is 17.0 Å². The van der Waals surface area contributed by atoms with E-state index < -0.39 is 6.04 Å². The van der Waals surface area contributed by atoms with Crippen LogP contribution >= 0.6 is 0 Å². The number of hydrogen-bond acceptors (Lipinski definition) is 4. The summed E-state index contributed by atoms with van der Waals surface area (Å²) in [4.78, 5) is 21.7. The molecule has 0 saturated heterocycles. The number of aliphatic imine (C=N–C) groups is 2. The predicted octanol–water partition coefficient (Wildman–Crippen LogP) is 3.18. The molecule has 5 heteroatoms. The van der Waals surface area contributed by atoms with E-state index in [4.69, 9.17) is 4.99 Å². The molecular weight excluding hydrogens is 324 g/mol. The number of amidine groups is 1. The van der Waals surface area contributed by atoms with Gasteiger partial charge in [0.15, 0.2) is 6.04 Å². The smallest absolute Gasteiger partial charge is 0.277 e. The van der Waals surface area contributed by atoms with Crippen molar-refractivity contribution in [3.05, 3.63) is 71.8 Å². The monoisotopic (exact) mass is 344 g/mol. The molecule has 130 valence electrons. The quantitative estimate of drug-likeness (QED) is 0.926. The fourth-order valence-corrected chi connectivity index (χ4v) is 3.36. The van der Waals surface area contributed by atoms with E-state index in [0.717, 1.165) is 16.8 Å². The molecule has 0 saturated carbocycles. The van der Waals surface area contributed by atoms with Gasteiger partial charge in [-0.2, -0.15) is 10.1 Å². The van der Waals surface area contributed by atoms with Crippen molar-refractivity contribution in [3.8, 4) is 0 Å². The molecule has 0 spiro atoms.